The molecule has 0 aliphatic heterocycles. The molecule has 2 aromatic rings. The minimum atomic E-state index is -0.426. The van der Waals surface area contributed by atoms with Crippen LogP contribution in [0.15, 0.2) is 29.6 Å². The minimum absolute atomic E-state index is 0. The van der Waals surface area contributed by atoms with Gasteiger partial charge < -0.3 is 5.73 Å². The van der Waals surface area contributed by atoms with Gasteiger partial charge in [0.05, 0.1) is 16.2 Å². The highest BCUT2D eigenvalue weighted by atomic mass is 79.9. The van der Waals surface area contributed by atoms with Crippen molar-refractivity contribution in [2.45, 2.75) is 0 Å². The van der Waals surface area contributed by atoms with Gasteiger partial charge >= 0.3 is 0 Å². The standard InChI is InChI=1S/C9H7N3O2S.BrH/c10-9-11-7(5-15-9)6-3-1-2-4-8(6)12(13)14;/h1-5H,(H2,10,11);1H. The van der Waals surface area contributed by atoms with Crippen molar-refractivity contribution < 1.29 is 4.92 Å². The summed E-state index contributed by atoms with van der Waals surface area (Å²) in [6, 6.07) is 6.47. The Labute approximate surface area is 106 Å². The van der Waals surface area contributed by atoms with Crippen molar-refractivity contribution in [2.24, 2.45) is 0 Å². The van der Waals surface area contributed by atoms with Crippen LogP contribution in [0.3, 0.4) is 0 Å². The van der Waals surface area contributed by atoms with Crippen LogP contribution < -0.4 is 5.73 Å². The summed E-state index contributed by atoms with van der Waals surface area (Å²) in [7, 11) is 0. The highest BCUT2D eigenvalue weighted by Gasteiger charge is 2.15. The molecule has 5 nitrogen and oxygen atoms in total. The van der Waals surface area contributed by atoms with Gasteiger partial charge in [-0.2, -0.15) is 0 Å². The van der Waals surface area contributed by atoms with Crippen LogP contribution in [0.1, 0.15) is 0 Å². The molecule has 16 heavy (non-hydrogen) atoms. The van der Waals surface area contributed by atoms with Crippen molar-refractivity contribution in [3.8, 4) is 11.3 Å². The number of benzene rings is 1. The molecule has 0 aliphatic rings. The van der Waals surface area contributed by atoms with Crippen molar-refractivity contribution in [2.75, 3.05) is 5.73 Å². The van der Waals surface area contributed by atoms with E-state index in [1.165, 1.54) is 17.4 Å². The molecule has 2 rings (SSSR count). The Morgan fingerprint density at radius 2 is 2.06 bits per heavy atom. The van der Waals surface area contributed by atoms with Crippen molar-refractivity contribution in [3.63, 3.8) is 0 Å². The van der Waals surface area contributed by atoms with Gasteiger partial charge in [0.25, 0.3) is 5.69 Å². The fraction of sp³-hybridized carbons (Fsp3) is 0. The zero-order chi connectivity index (χ0) is 10.8. The van der Waals surface area contributed by atoms with E-state index in [9.17, 15) is 10.1 Å². The number of para-hydroxylation sites is 1. The fourth-order valence-electron chi connectivity index (χ4n) is 1.26. The van der Waals surface area contributed by atoms with Gasteiger partial charge in [0, 0.05) is 11.4 Å². The van der Waals surface area contributed by atoms with Crippen LogP contribution in [0.25, 0.3) is 11.3 Å². The fourth-order valence-corrected chi connectivity index (χ4v) is 1.82. The van der Waals surface area contributed by atoms with E-state index < -0.39 is 4.92 Å². The summed E-state index contributed by atoms with van der Waals surface area (Å²) in [5.41, 5.74) is 6.57. The number of nitrogen functional groups attached to an aromatic ring is 1. The third kappa shape index (κ3) is 2.37. The number of hydrogen-bond acceptors (Lipinski definition) is 5. The second kappa shape index (κ2) is 5.04. The predicted molar refractivity (Wildman–Crippen MR) is 68.9 cm³/mol. The van der Waals surface area contributed by atoms with Gasteiger partial charge in [0.15, 0.2) is 5.13 Å². The third-order valence-electron chi connectivity index (χ3n) is 1.90. The number of rotatable bonds is 2. The maximum atomic E-state index is 10.8. The van der Waals surface area contributed by atoms with Gasteiger partial charge in [-0.05, 0) is 6.07 Å². The number of nitro groups is 1. The van der Waals surface area contributed by atoms with E-state index in [4.69, 9.17) is 5.73 Å². The van der Waals surface area contributed by atoms with Gasteiger partial charge in [-0.1, -0.05) is 12.1 Å². The molecule has 0 bridgehead atoms. The van der Waals surface area contributed by atoms with E-state index in [0.29, 0.717) is 16.4 Å². The Morgan fingerprint density at radius 3 is 2.62 bits per heavy atom. The quantitative estimate of drug-likeness (QED) is 0.683. The van der Waals surface area contributed by atoms with Gasteiger partial charge in [-0.25, -0.2) is 4.98 Å². The van der Waals surface area contributed by atoms with Crippen LogP contribution in [0, 0.1) is 10.1 Å². The Hall–Kier alpha value is -1.47. The highest BCUT2D eigenvalue weighted by Crippen LogP contribution is 2.30. The van der Waals surface area contributed by atoms with Crippen molar-refractivity contribution in [3.05, 3.63) is 39.8 Å². The molecule has 1 aromatic carbocycles. The molecule has 1 heterocycles. The zero-order valence-corrected chi connectivity index (χ0v) is 10.5. The van der Waals surface area contributed by atoms with Gasteiger partial charge in [0.2, 0.25) is 0 Å². The maximum Gasteiger partial charge on any atom is 0.278 e. The topological polar surface area (TPSA) is 82.0 Å². The first-order valence-electron chi connectivity index (χ1n) is 4.13. The van der Waals surface area contributed by atoms with Gasteiger partial charge in [0.1, 0.15) is 0 Å². The molecule has 0 atom stereocenters. The van der Waals surface area contributed by atoms with E-state index in [0.717, 1.165) is 0 Å². The Balaban J connectivity index is 0.00000128. The van der Waals surface area contributed by atoms with Crippen molar-refractivity contribution >= 4 is 39.1 Å². The van der Waals surface area contributed by atoms with Crippen molar-refractivity contribution in [1.29, 1.82) is 0 Å². The number of nitro benzene ring substituents is 1. The summed E-state index contributed by atoms with van der Waals surface area (Å²) in [6.07, 6.45) is 0. The molecule has 0 saturated heterocycles. The van der Waals surface area contributed by atoms with E-state index in [1.54, 1.807) is 23.6 Å². The number of nitrogens with zero attached hydrogens (tertiary/aromatic N) is 2. The van der Waals surface area contributed by atoms with Crippen LogP contribution in [-0.4, -0.2) is 9.91 Å². The number of nitrogens with two attached hydrogens (primary N) is 1. The molecular weight excluding hydrogens is 294 g/mol. The summed E-state index contributed by atoms with van der Waals surface area (Å²) in [4.78, 5) is 14.3. The smallest absolute Gasteiger partial charge is 0.278 e. The molecule has 84 valence electrons. The van der Waals surface area contributed by atoms with Crippen LogP contribution in [0.2, 0.25) is 0 Å². The van der Waals surface area contributed by atoms with Crippen LogP contribution in [0.5, 0.6) is 0 Å². The molecule has 0 saturated carbocycles. The lowest BCUT2D eigenvalue weighted by Gasteiger charge is -1.97. The molecule has 0 radical (unpaired) electrons. The molecule has 0 aliphatic carbocycles. The summed E-state index contributed by atoms with van der Waals surface area (Å²) in [5, 5.41) is 12.9. The first-order valence-corrected chi connectivity index (χ1v) is 5.01. The number of aromatic nitrogens is 1. The molecule has 0 amide bonds. The first-order chi connectivity index (χ1) is 7.18. The molecule has 1 aromatic heterocycles. The lowest BCUT2D eigenvalue weighted by atomic mass is 10.1. The van der Waals surface area contributed by atoms with E-state index >= 15 is 0 Å². The Morgan fingerprint density at radius 1 is 1.38 bits per heavy atom. The molecule has 2 N–H and O–H groups in total. The minimum Gasteiger partial charge on any atom is -0.375 e. The van der Waals surface area contributed by atoms with Crippen LogP contribution >= 0.6 is 28.3 Å². The molecular formula is C9H8BrN3O2S. The highest BCUT2D eigenvalue weighted by molar-refractivity contribution is 8.93. The second-order valence-corrected chi connectivity index (χ2v) is 3.73. The predicted octanol–water partition coefficient (Wildman–Crippen LogP) is 2.88. The zero-order valence-electron chi connectivity index (χ0n) is 7.99. The number of halogens is 1. The molecule has 7 heteroatoms. The SMILES string of the molecule is Br.Nc1nc(-c2ccccc2[N+](=O)[O-])cs1. The molecule has 0 spiro atoms. The normalized spacial score (nSPS) is 9.50. The third-order valence-corrected chi connectivity index (χ3v) is 2.57. The average molecular weight is 302 g/mol. The van der Waals surface area contributed by atoms with Crippen molar-refractivity contribution in [1.82, 2.24) is 4.98 Å². The summed E-state index contributed by atoms with van der Waals surface area (Å²) < 4.78 is 0. The Bertz CT molecular complexity index is 515. The Kier molecular flexibility index (Phi) is 3.97. The van der Waals surface area contributed by atoms with E-state index in [1.807, 2.05) is 0 Å². The second-order valence-electron chi connectivity index (χ2n) is 2.85. The number of anilines is 1. The summed E-state index contributed by atoms with van der Waals surface area (Å²) in [5.74, 6) is 0. The van der Waals surface area contributed by atoms with Crippen LogP contribution in [0.4, 0.5) is 10.8 Å². The lowest BCUT2D eigenvalue weighted by molar-refractivity contribution is -0.384. The maximum absolute atomic E-state index is 10.8. The summed E-state index contributed by atoms with van der Waals surface area (Å²) in [6.45, 7) is 0. The largest absolute Gasteiger partial charge is 0.375 e. The monoisotopic (exact) mass is 301 g/mol. The van der Waals surface area contributed by atoms with E-state index in [-0.39, 0.29) is 22.7 Å². The average Bonchev–Trinajstić information content (AvgIpc) is 2.65. The van der Waals surface area contributed by atoms with Crippen LogP contribution in [-0.2, 0) is 0 Å². The molecule has 0 fully saturated rings. The number of thiazole rings is 1. The lowest BCUT2D eigenvalue weighted by Crippen LogP contribution is -1.91. The first kappa shape index (κ1) is 12.6. The molecule has 0 unspecified atom stereocenters. The van der Waals surface area contributed by atoms with Gasteiger partial charge in [-0.15, -0.1) is 28.3 Å². The van der Waals surface area contributed by atoms with Gasteiger partial charge in [-0.3, -0.25) is 10.1 Å². The van der Waals surface area contributed by atoms with E-state index in [2.05, 4.69) is 4.98 Å². The summed E-state index contributed by atoms with van der Waals surface area (Å²) >= 11 is 1.26. The number of hydrogen-bond donors (Lipinski definition) is 1.